The average Bonchev–Trinajstić information content (AvgIpc) is 2.70. The maximum absolute atomic E-state index is 11.8. The van der Waals surface area contributed by atoms with Crippen molar-refractivity contribution in [3.05, 3.63) is 58.1 Å². The SMILES string of the molecule is CC1Oc2ccc(CN3CCN(c4ccc([N+](=O)[O-])cc4)CC3)cc2NC1=O. The van der Waals surface area contributed by atoms with Gasteiger partial charge in [0.25, 0.3) is 11.6 Å². The van der Waals surface area contributed by atoms with E-state index in [-0.39, 0.29) is 16.5 Å². The lowest BCUT2D eigenvalue weighted by molar-refractivity contribution is -0.384. The molecule has 8 heteroatoms. The predicted octanol–water partition coefficient (Wildman–Crippen LogP) is 2.64. The molecule has 2 aliphatic heterocycles. The summed E-state index contributed by atoms with van der Waals surface area (Å²) in [5, 5.41) is 13.7. The fourth-order valence-corrected chi connectivity index (χ4v) is 3.56. The van der Waals surface area contributed by atoms with Crippen molar-refractivity contribution >= 4 is 23.0 Å². The van der Waals surface area contributed by atoms with Crippen molar-refractivity contribution in [1.29, 1.82) is 0 Å². The molecule has 28 heavy (non-hydrogen) atoms. The van der Waals surface area contributed by atoms with E-state index in [2.05, 4.69) is 15.1 Å². The van der Waals surface area contributed by atoms with Crippen LogP contribution in [0.15, 0.2) is 42.5 Å². The normalized spacial score (nSPS) is 19.5. The van der Waals surface area contributed by atoms with Crippen molar-refractivity contribution in [2.24, 2.45) is 0 Å². The van der Waals surface area contributed by atoms with Gasteiger partial charge < -0.3 is 15.0 Å². The maximum Gasteiger partial charge on any atom is 0.269 e. The quantitative estimate of drug-likeness (QED) is 0.646. The van der Waals surface area contributed by atoms with Gasteiger partial charge in [0.2, 0.25) is 0 Å². The highest BCUT2D eigenvalue weighted by Gasteiger charge is 2.24. The Morgan fingerprint density at radius 3 is 2.54 bits per heavy atom. The smallest absolute Gasteiger partial charge is 0.269 e. The lowest BCUT2D eigenvalue weighted by Crippen LogP contribution is -2.46. The Bertz CT molecular complexity index is 892. The molecular formula is C20H22N4O4. The van der Waals surface area contributed by atoms with Gasteiger partial charge in [-0.05, 0) is 36.8 Å². The Morgan fingerprint density at radius 2 is 1.86 bits per heavy atom. The molecule has 1 fully saturated rings. The van der Waals surface area contributed by atoms with E-state index in [4.69, 9.17) is 4.74 Å². The molecule has 1 saturated heterocycles. The van der Waals surface area contributed by atoms with Crippen molar-refractivity contribution in [2.45, 2.75) is 19.6 Å². The van der Waals surface area contributed by atoms with Gasteiger partial charge in [-0.2, -0.15) is 0 Å². The van der Waals surface area contributed by atoms with Gasteiger partial charge in [-0.3, -0.25) is 19.8 Å². The van der Waals surface area contributed by atoms with E-state index >= 15 is 0 Å². The van der Waals surface area contributed by atoms with Crippen molar-refractivity contribution in [3.8, 4) is 5.75 Å². The summed E-state index contributed by atoms with van der Waals surface area (Å²) in [6.45, 7) is 6.05. The highest BCUT2D eigenvalue weighted by atomic mass is 16.6. The van der Waals surface area contributed by atoms with Crippen LogP contribution in [0.5, 0.6) is 5.75 Å². The molecule has 1 N–H and O–H groups in total. The number of non-ortho nitro benzene ring substituents is 1. The Hall–Kier alpha value is -3.13. The van der Waals surface area contributed by atoms with Gasteiger partial charge in [-0.15, -0.1) is 0 Å². The third kappa shape index (κ3) is 3.77. The zero-order valence-corrected chi connectivity index (χ0v) is 15.6. The summed E-state index contributed by atoms with van der Waals surface area (Å²) in [4.78, 5) is 26.8. The second kappa shape index (κ2) is 7.47. The van der Waals surface area contributed by atoms with Crippen LogP contribution in [0.4, 0.5) is 17.1 Å². The van der Waals surface area contributed by atoms with Gasteiger partial charge in [-0.25, -0.2) is 0 Å². The fraction of sp³-hybridized carbons (Fsp3) is 0.350. The minimum absolute atomic E-state index is 0.111. The molecule has 0 radical (unpaired) electrons. The molecule has 8 nitrogen and oxygen atoms in total. The number of amides is 1. The molecule has 0 saturated carbocycles. The predicted molar refractivity (Wildman–Crippen MR) is 106 cm³/mol. The summed E-state index contributed by atoms with van der Waals surface area (Å²) >= 11 is 0. The number of nitro benzene ring substituents is 1. The number of carbonyl (C=O) groups excluding carboxylic acids is 1. The number of nitro groups is 1. The fourth-order valence-electron chi connectivity index (χ4n) is 3.56. The summed E-state index contributed by atoms with van der Waals surface area (Å²) in [6.07, 6.45) is -0.467. The Kier molecular flexibility index (Phi) is 4.87. The first kappa shape index (κ1) is 18.2. The Morgan fingerprint density at radius 1 is 1.14 bits per heavy atom. The second-order valence-corrected chi connectivity index (χ2v) is 7.12. The van der Waals surface area contributed by atoms with E-state index in [0.29, 0.717) is 5.75 Å². The molecule has 2 aliphatic rings. The molecule has 1 unspecified atom stereocenters. The lowest BCUT2D eigenvalue weighted by Gasteiger charge is -2.36. The van der Waals surface area contributed by atoms with Gasteiger partial charge in [0, 0.05) is 50.5 Å². The van der Waals surface area contributed by atoms with E-state index in [1.165, 1.54) is 0 Å². The van der Waals surface area contributed by atoms with Gasteiger partial charge in [0.1, 0.15) is 5.75 Å². The zero-order chi connectivity index (χ0) is 19.7. The van der Waals surface area contributed by atoms with Crippen molar-refractivity contribution in [1.82, 2.24) is 4.90 Å². The second-order valence-electron chi connectivity index (χ2n) is 7.12. The van der Waals surface area contributed by atoms with Crippen molar-refractivity contribution in [3.63, 3.8) is 0 Å². The lowest BCUT2D eigenvalue weighted by atomic mass is 10.1. The highest BCUT2D eigenvalue weighted by Crippen LogP contribution is 2.31. The molecule has 0 spiro atoms. The largest absolute Gasteiger partial charge is 0.479 e. The number of hydrogen-bond donors (Lipinski definition) is 1. The number of fused-ring (bicyclic) bond motifs is 1. The monoisotopic (exact) mass is 382 g/mol. The number of rotatable bonds is 4. The van der Waals surface area contributed by atoms with Crippen LogP contribution in [0, 0.1) is 10.1 Å². The first-order valence-corrected chi connectivity index (χ1v) is 9.32. The topological polar surface area (TPSA) is 87.9 Å². The third-order valence-electron chi connectivity index (χ3n) is 5.18. The van der Waals surface area contributed by atoms with Crippen LogP contribution < -0.4 is 15.0 Å². The first-order chi connectivity index (χ1) is 13.5. The third-order valence-corrected chi connectivity index (χ3v) is 5.18. The van der Waals surface area contributed by atoms with E-state index in [1.54, 1.807) is 31.2 Å². The number of nitrogens with zero attached hydrogens (tertiary/aromatic N) is 3. The highest BCUT2D eigenvalue weighted by molar-refractivity contribution is 5.97. The molecule has 146 valence electrons. The van der Waals surface area contributed by atoms with Gasteiger partial charge in [-0.1, -0.05) is 6.07 Å². The van der Waals surface area contributed by atoms with Crippen LogP contribution in [0.1, 0.15) is 12.5 Å². The van der Waals surface area contributed by atoms with Gasteiger partial charge >= 0.3 is 0 Å². The number of carbonyl (C=O) groups is 1. The minimum Gasteiger partial charge on any atom is -0.479 e. The summed E-state index contributed by atoms with van der Waals surface area (Å²) < 4.78 is 5.60. The molecule has 0 bridgehead atoms. The number of anilines is 2. The molecule has 2 aromatic rings. The van der Waals surface area contributed by atoms with Crippen molar-refractivity contribution in [2.75, 3.05) is 36.4 Å². The number of benzene rings is 2. The minimum atomic E-state index is -0.467. The number of ether oxygens (including phenoxy) is 1. The van der Waals surface area contributed by atoms with Crippen LogP contribution in [-0.2, 0) is 11.3 Å². The number of nitrogens with one attached hydrogen (secondary N) is 1. The number of piperazine rings is 1. The Balaban J connectivity index is 1.35. The van der Waals surface area contributed by atoms with Gasteiger partial charge in [0.05, 0.1) is 10.6 Å². The zero-order valence-electron chi connectivity index (χ0n) is 15.6. The van der Waals surface area contributed by atoms with Gasteiger partial charge in [0.15, 0.2) is 6.10 Å². The van der Waals surface area contributed by atoms with Crippen LogP contribution >= 0.6 is 0 Å². The average molecular weight is 382 g/mol. The summed E-state index contributed by atoms with van der Waals surface area (Å²) in [5.41, 5.74) is 2.97. The standard InChI is InChI=1S/C20H22N4O4/c1-14-20(25)21-18-12-15(2-7-19(18)28-14)13-22-8-10-23(11-9-22)16-3-5-17(6-4-16)24(26)27/h2-7,12,14H,8-11,13H2,1H3,(H,21,25). The first-order valence-electron chi connectivity index (χ1n) is 9.32. The Labute approximate surface area is 162 Å². The van der Waals surface area contributed by atoms with E-state index < -0.39 is 6.10 Å². The molecular weight excluding hydrogens is 360 g/mol. The molecule has 1 amide bonds. The molecule has 4 rings (SSSR count). The summed E-state index contributed by atoms with van der Waals surface area (Å²) in [7, 11) is 0. The summed E-state index contributed by atoms with van der Waals surface area (Å²) in [6, 6.07) is 12.6. The van der Waals surface area contributed by atoms with E-state index in [9.17, 15) is 14.9 Å². The molecule has 0 aliphatic carbocycles. The van der Waals surface area contributed by atoms with E-state index in [1.807, 2.05) is 18.2 Å². The number of hydrogen-bond acceptors (Lipinski definition) is 6. The van der Waals surface area contributed by atoms with Crippen LogP contribution in [0.2, 0.25) is 0 Å². The van der Waals surface area contributed by atoms with Crippen LogP contribution in [0.3, 0.4) is 0 Å². The van der Waals surface area contributed by atoms with Crippen molar-refractivity contribution < 1.29 is 14.5 Å². The van der Waals surface area contributed by atoms with E-state index in [0.717, 1.165) is 49.7 Å². The van der Waals surface area contributed by atoms with Crippen LogP contribution in [0.25, 0.3) is 0 Å². The molecule has 1 atom stereocenters. The maximum atomic E-state index is 11.8. The van der Waals surface area contributed by atoms with Crippen LogP contribution in [-0.4, -0.2) is 48.0 Å². The molecule has 2 heterocycles. The molecule has 0 aromatic heterocycles. The summed E-state index contributed by atoms with van der Waals surface area (Å²) in [5.74, 6) is 0.584. The molecule has 2 aromatic carbocycles.